The van der Waals surface area contributed by atoms with E-state index in [1.54, 1.807) is 0 Å². The van der Waals surface area contributed by atoms with Gasteiger partial charge >= 0.3 is 0 Å². The standard InChI is InChI=1S/C22H32N6O2/c1-4-18-13-20(27-9-11-30-12-10-27)24-22(23-18)17-5-7-28(8-6-17)21(29)14-19-15(2)25-26-16(19)3/h13,17H,4-12,14H2,1-3H3,(H,25,26). The van der Waals surface area contributed by atoms with E-state index in [2.05, 4.69) is 28.1 Å². The van der Waals surface area contributed by atoms with Crippen LogP contribution in [0.25, 0.3) is 0 Å². The zero-order chi connectivity index (χ0) is 21.1. The van der Waals surface area contributed by atoms with Gasteiger partial charge in [0.25, 0.3) is 0 Å². The van der Waals surface area contributed by atoms with E-state index in [0.717, 1.165) is 92.9 Å². The van der Waals surface area contributed by atoms with Gasteiger partial charge in [0.2, 0.25) is 5.91 Å². The van der Waals surface area contributed by atoms with Gasteiger partial charge in [-0.1, -0.05) is 6.92 Å². The number of anilines is 1. The Morgan fingerprint density at radius 3 is 2.53 bits per heavy atom. The quantitative estimate of drug-likeness (QED) is 0.810. The molecule has 0 aromatic carbocycles. The molecule has 0 unspecified atom stereocenters. The summed E-state index contributed by atoms with van der Waals surface area (Å²) in [6, 6.07) is 2.11. The summed E-state index contributed by atoms with van der Waals surface area (Å²) in [5, 5.41) is 7.17. The maximum atomic E-state index is 12.8. The van der Waals surface area contributed by atoms with Crippen LogP contribution in [0, 0.1) is 13.8 Å². The van der Waals surface area contributed by atoms with Crippen molar-refractivity contribution in [3.05, 3.63) is 34.5 Å². The first-order valence-electron chi connectivity index (χ1n) is 11.0. The third-order valence-corrected chi connectivity index (χ3v) is 6.30. The molecule has 2 saturated heterocycles. The van der Waals surface area contributed by atoms with E-state index in [4.69, 9.17) is 14.7 Å². The van der Waals surface area contributed by atoms with Crippen LogP contribution in [0.2, 0.25) is 0 Å². The first-order chi connectivity index (χ1) is 14.5. The smallest absolute Gasteiger partial charge is 0.227 e. The van der Waals surface area contributed by atoms with E-state index >= 15 is 0 Å². The van der Waals surface area contributed by atoms with Crippen molar-refractivity contribution < 1.29 is 9.53 Å². The SMILES string of the molecule is CCc1cc(N2CCOCC2)nc(C2CCN(C(=O)Cc3c(C)n[nH]c3C)CC2)n1. The lowest BCUT2D eigenvalue weighted by atomic mass is 9.95. The fraction of sp³-hybridized carbons (Fsp3) is 0.636. The number of ether oxygens (including phenoxy) is 1. The van der Waals surface area contributed by atoms with Gasteiger partial charge in [0.1, 0.15) is 11.6 Å². The van der Waals surface area contributed by atoms with Crippen molar-refractivity contribution >= 4 is 11.7 Å². The Bertz CT molecular complexity index is 862. The molecule has 162 valence electrons. The monoisotopic (exact) mass is 412 g/mol. The molecule has 2 aromatic heterocycles. The van der Waals surface area contributed by atoms with Gasteiger partial charge < -0.3 is 14.5 Å². The lowest BCUT2D eigenvalue weighted by Gasteiger charge is -2.32. The molecule has 1 N–H and O–H groups in total. The molecule has 8 nitrogen and oxygen atoms in total. The van der Waals surface area contributed by atoms with E-state index in [-0.39, 0.29) is 5.91 Å². The van der Waals surface area contributed by atoms with Gasteiger partial charge in [-0.25, -0.2) is 9.97 Å². The fourth-order valence-electron chi connectivity index (χ4n) is 4.31. The molecule has 4 rings (SSSR count). The minimum atomic E-state index is 0.179. The number of morpholine rings is 1. The second-order valence-electron chi connectivity index (χ2n) is 8.27. The highest BCUT2D eigenvalue weighted by Gasteiger charge is 2.27. The molecule has 0 saturated carbocycles. The second kappa shape index (κ2) is 9.12. The van der Waals surface area contributed by atoms with Crippen LogP contribution >= 0.6 is 0 Å². The van der Waals surface area contributed by atoms with Crippen LogP contribution in [0.4, 0.5) is 5.82 Å². The lowest BCUT2D eigenvalue weighted by Crippen LogP contribution is -2.39. The molecule has 0 spiro atoms. The van der Waals surface area contributed by atoms with Crippen molar-refractivity contribution in [1.82, 2.24) is 25.1 Å². The molecule has 4 heterocycles. The topological polar surface area (TPSA) is 87.2 Å². The Kier molecular flexibility index (Phi) is 6.32. The number of rotatable bonds is 5. The summed E-state index contributed by atoms with van der Waals surface area (Å²) in [7, 11) is 0. The Labute approximate surface area is 178 Å². The average molecular weight is 413 g/mol. The van der Waals surface area contributed by atoms with Gasteiger partial charge in [-0.3, -0.25) is 9.89 Å². The predicted octanol–water partition coefficient (Wildman–Crippen LogP) is 2.16. The molecule has 1 amide bonds. The number of H-pyrrole nitrogens is 1. The fourth-order valence-corrected chi connectivity index (χ4v) is 4.31. The second-order valence-corrected chi connectivity index (χ2v) is 8.27. The number of hydrogen-bond acceptors (Lipinski definition) is 6. The largest absolute Gasteiger partial charge is 0.378 e. The minimum Gasteiger partial charge on any atom is -0.378 e. The molecule has 2 aromatic rings. The molecule has 2 aliphatic rings. The van der Waals surface area contributed by atoms with Crippen molar-refractivity contribution in [2.75, 3.05) is 44.3 Å². The van der Waals surface area contributed by atoms with E-state index < -0.39 is 0 Å². The van der Waals surface area contributed by atoms with Gasteiger partial charge in [-0.15, -0.1) is 0 Å². The highest BCUT2D eigenvalue weighted by Crippen LogP contribution is 2.28. The average Bonchev–Trinajstić information content (AvgIpc) is 3.11. The molecule has 0 aliphatic carbocycles. The van der Waals surface area contributed by atoms with Crippen LogP contribution < -0.4 is 4.90 Å². The third-order valence-electron chi connectivity index (χ3n) is 6.30. The van der Waals surface area contributed by atoms with Gasteiger partial charge in [-0.2, -0.15) is 5.10 Å². The van der Waals surface area contributed by atoms with Gasteiger partial charge in [0.15, 0.2) is 0 Å². The lowest BCUT2D eigenvalue weighted by molar-refractivity contribution is -0.131. The zero-order valence-corrected chi connectivity index (χ0v) is 18.3. The number of carbonyl (C=O) groups excluding carboxylic acids is 1. The normalized spacial score (nSPS) is 18.1. The Morgan fingerprint density at radius 2 is 1.90 bits per heavy atom. The Balaban J connectivity index is 1.41. The molecule has 8 heteroatoms. The van der Waals surface area contributed by atoms with Gasteiger partial charge in [-0.05, 0) is 33.1 Å². The summed E-state index contributed by atoms with van der Waals surface area (Å²) >= 11 is 0. The summed E-state index contributed by atoms with van der Waals surface area (Å²) in [5.41, 5.74) is 4.01. The van der Waals surface area contributed by atoms with Gasteiger partial charge in [0, 0.05) is 55.1 Å². The number of nitrogens with zero attached hydrogens (tertiary/aromatic N) is 5. The molecule has 0 atom stereocenters. The number of amides is 1. The summed E-state index contributed by atoms with van der Waals surface area (Å²) < 4.78 is 5.48. The van der Waals surface area contributed by atoms with Crippen LogP contribution in [-0.2, 0) is 22.4 Å². The van der Waals surface area contributed by atoms with Gasteiger partial charge in [0.05, 0.1) is 25.3 Å². The van der Waals surface area contributed by atoms with Crippen molar-refractivity contribution in [2.45, 2.75) is 52.4 Å². The number of aryl methyl sites for hydroxylation is 3. The van der Waals surface area contributed by atoms with Crippen molar-refractivity contribution in [2.24, 2.45) is 0 Å². The van der Waals surface area contributed by atoms with E-state index in [0.29, 0.717) is 12.3 Å². The minimum absolute atomic E-state index is 0.179. The highest BCUT2D eigenvalue weighted by atomic mass is 16.5. The molecule has 0 radical (unpaired) electrons. The predicted molar refractivity (Wildman–Crippen MR) is 115 cm³/mol. The number of nitrogens with one attached hydrogen (secondary N) is 1. The number of piperidine rings is 1. The zero-order valence-electron chi connectivity index (χ0n) is 18.3. The molecule has 2 fully saturated rings. The van der Waals surface area contributed by atoms with Crippen LogP contribution in [0.15, 0.2) is 6.07 Å². The summed E-state index contributed by atoms with van der Waals surface area (Å²) in [4.78, 5) is 26.8. The highest BCUT2D eigenvalue weighted by molar-refractivity contribution is 5.79. The summed E-state index contributed by atoms with van der Waals surface area (Å²) in [6.07, 6.45) is 3.13. The molecule has 0 bridgehead atoms. The maximum absolute atomic E-state index is 12.8. The van der Waals surface area contributed by atoms with Crippen molar-refractivity contribution in [3.8, 4) is 0 Å². The van der Waals surface area contributed by atoms with Crippen LogP contribution in [0.3, 0.4) is 0 Å². The van der Waals surface area contributed by atoms with E-state index in [9.17, 15) is 4.79 Å². The number of carbonyl (C=O) groups is 1. The number of likely N-dealkylation sites (tertiary alicyclic amines) is 1. The number of hydrogen-bond donors (Lipinski definition) is 1. The number of aromatic amines is 1. The molecular formula is C22H32N6O2. The first-order valence-corrected chi connectivity index (χ1v) is 11.0. The van der Waals surface area contributed by atoms with Crippen LogP contribution in [0.1, 0.15) is 54.2 Å². The summed E-state index contributed by atoms with van der Waals surface area (Å²) in [6.45, 7) is 10.8. The maximum Gasteiger partial charge on any atom is 0.227 e. The first kappa shape index (κ1) is 20.8. The van der Waals surface area contributed by atoms with Crippen molar-refractivity contribution in [1.29, 1.82) is 0 Å². The van der Waals surface area contributed by atoms with Crippen molar-refractivity contribution in [3.63, 3.8) is 0 Å². The van der Waals surface area contributed by atoms with E-state index in [1.807, 2.05) is 18.7 Å². The Hall–Kier alpha value is -2.48. The number of aromatic nitrogens is 4. The Morgan fingerprint density at radius 1 is 1.17 bits per heavy atom. The summed E-state index contributed by atoms with van der Waals surface area (Å²) in [5.74, 6) is 2.44. The van der Waals surface area contributed by atoms with Crippen LogP contribution in [-0.4, -0.2) is 70.4 Å². The molecule has 2 aliphatic heterocycles. The third kappa shape index (κ3) is 4.48. The van der Waals surface area contributed by atoms with E-state index in [1.165, 1.54) is 0 Å². The molecule has 30 heavy (non-hydrogen) atoms. The van der Waals surface area contributed by atoms with Crippen LogP contribution in [0.5, 0.6) is 0 Å². The molecular weight excluding hydrogens is 380 g/mol.